The van der Waals surface area contributed by atoms with Crippen LogP contribution >= 0.6 is 0 Å². The quantitative estimate of drug-likeness (QED) is 0.763. The minimum absolute atomic E-state index is 0.0492. The van der Waals surface area contributed by atoms with Crippen molar-refractivity contribution in [3.63, 3.8) is 0 Å². The number of likely N-dealkylation sites (tertiary alicyclic amines) is 1. The van der Waals surface area contributed by atoms with Crippen LogP contribution in [-0.4, -0.2) is 66.5 Å². The molecule has 1 saturated heterocycles. The van der Waals surface area contributed by atoms with Crippen molar-refractivity contribution in [2.24, 2.45) is 5.41 Å². The lowest BCUT2D eigenvalue weighted by Crippen LogP contribution is -2.44. The third-order valence-electron chi connectivity index (χ3n) is 3.73. The number of amides is 3. The lowest BCUT2D eigenvalue weighted by Gasteiger charge is -2.26. The van der Waals surface area contributed by atoms with Crippen molar-refractivity contribution < 1.29 is 19.5 Å². The van der Waals surface area contributed by atoms with Crippen LogP contribution in [0.3, 0.4) is 0 Å². The monoisotopic (exact) mass is 285 g/mol. The van der Waals surface area contributed by atoms with Gasteiger partial charge in [0.1, 0.15) is 0 Å². The van der Waals surface area contributed by atoms with Gasteiger partial charge in [-0.3, -0.25) is 9.59 Å². The van der Waals surface area contributed by atoms with Crippen LogP contribution < -0.4 is 5.32 Å². The first-order valence-corrected chi connectivity index (χ1v) is 6.74. The Balaban J connectivity index is 2.49. The number of nitrogens with one attached hydrogen (secondary N) is 1. The van der Waals surface area contributed by atoms with E-state index in [1.807, 2.05) is 6.92 Å². The van der Waals surface area contributed by atoms with E-state index in [2.05, 4.69) is 5.32 Å². The van der Waals surface area contributed by atoms with E-state index >= 15 is 0 Å². The van der Waals surface area contributed by atoms with Crippen molar-refractivity contribution in [1.29, 1.82) is 0 Å². The number of nitrogens with zero attached hydrogens (tertiary/aromatic N) is 2. The molecule has 0 bridgehead atoms. The highest BCUT2D eigenvalue weighted by Crippen LogP contribution is 2.30. The fraction of sp³-hybridized carbons (Fsp3) is 0.769. The molecule has 7 nitrogen and oxygen atoms in total. The first-order chi connectivity index (χ1) is 9.30. The molecule has 0 aromatic rings. The van der Waals surface area contributed by atoms with Crippen LogP contribution in [0.5, 0.6) is 0 Å². The van der Waals surface area contributed by atoms with Crippen LogP contribution in [0, 0.1) is 5.41 Å². The van der Waals surface area contributed by atoms with E-state index in [9.17, 15) is 14.4 Å². The molecule has 1 fully saturated rings. The van der Waals surface area contributed by atoms with Gasteiger partial charge < -0.3 is 20.2 Å². The lowest BCUT2D eigenvalue weighted by atomic mass is 9.89. The van der Waals surface area contributed by atoms with Gasteiger partial charge in [0, 0.05) is 40.2 Å². The van der Waals surface area contributed by atoms with Gasteiger partial charge in [-0.15, -0.1) is 0 Å². The Morgan fingerprint density at radius 2 is 2.05 bits per heavy atom. The Hall–Kier alpha value is -1.79. The van der Waals surface area contributed by atoms with E-state index in [0.717, 1.165) is 0 Å². The summed E-state index contributed by atoms with van der Waals surface area (Å²) in [5.74, 6) is -0.916. The summed E-state index contributed by atoms with van der Waals surface area (Å²) in [5, 5.41) is 11.2. The zero-order chi connectivity index (χ0) is 15.3. The first kappa shape index (κ1) is 16.3. The van der Waals surface area contributed by atoms with Crippen molar-refractivity contribution in [3.8, 4) is 0 Å². The summed E-state index contributed by atoms with van der Waals surface area (Å²) < 4.78 is 0. The normalized spacial score (nSPS) is 21.6. The Morgan fingerprint density at radius 3 is 2.60 bits per heavy atom. The summed E-state index contributed by atoms with van der Waals surface area (Å²) in [6.07, 6.45) is 1.12. The molecule has 114 valence electrons. The Morgan fingerprint density at radius 1 is 1.40 bits per heavy atom. The topological polar surface area (TPSA) is 90.0 Å². The minimum atomic E-state index is -0.862. The number of carboxylic acid groups (broad SMARTS) is 1. The third kappa shape index (κ3) is 3.85. The first-order valence-electron chi connectivity index (χ1n) is 6.74. The second-order valence-electron chi connectivity index (χ2n) is 5.51. The van der Waals surface area contributed by atoms with Crippen molar-refractivity contribution >= 4 is 17.9 Å². The Kier molecular flexibility index (Phi) is 5.35. The van der Waals surface area contributed by atoms with Gasteiger partial charge in [0.2, 0.25) is 5.91 Å². The molecule has 0 saturated carbocycles. The molecule has 7 heteroatoms. The molecule has 2 N–H and O–H groups in total. The number of hydrogen-bond acceptors (Lipinski definition) is 3. The molecule has 1 atom stereocenters. The molecule has 1 aliphatic heterocycles. The maximum Gasteiger partial charge on any atom is 0.319 e. The van der Waals surface area contributed by atoms with Crippen molar-refractivity contribution in [2.45, 2.75) is 26.2 Å². The number of carbonyl (C=O) groups is 3. The van der Waals surface area contributed by atoms with Crippen LogP contribution in [0.25, 0.3) is 0 Å². The van der Waals surface area contributed by atoms with E-state index in [1.54, 1.807) is 19.0 Å². The minimum Gasteiger partial charge on any atom is -0.481 e. The van der Waals surface area contributed by atoms with Crippen molar-refractivity contribution in [1.82, 2.24) is 15.1 Å². The molecule has 0 spiro atoms. The summed E-state index contributed by atoms with van der Waals surface area (Å²) >= 11 is 0. The third-order valence-corrected chi connectivity index (χ3v) is 3.73. The zero-order valence-corrected chi connectivity index (χ0v) is 12.3. The highest BCUT2D eigenvalue weighted by atomic mass is 16.4. The van der Waals surface area contributed by atoms with Gasteiger partial charge in [-0.2, -0.15) is 0 Å². The molecule has 1 unspecified atom stereocenters. The van der Waals surface area contributed by atoms with E-state index < -0.39 is 11.4 Å². The number of rotatable bonds is 5. The van der Waals surface area contributed by atoms with E-state index in [1.165, 1.54) is 4.90 Å². The number of hydrogen-bond donors (Lipinski definition) is 2. The molecule has 0 aliphatic carbocycles. The largest absolute Gasteiger partial charge is 0.481 e. The van der Waals surface area contributed by atoms with E-state index in [0.29, 0.717) is 32.5 Å². The second-order valence-corrected chi connectivity index (χ2v) is 5.51. The van der Waals surface area contributed by atoms with Crippen LogP contribution in [0.4, 0.5) is 4.79 Å². The standard InChI is InChI=1S/C13H23N3O4/c1-13(11(19)14-2)6-8-16(9-13)12(20)15(3)7-4-5-10(17)18/h4-9H2,1-3H3,(H,14,19)(H,17,18). The Bertz CT molecular complexity index is 399. The van der Waals surface area contributed by atoms with Crippen LogP contribution in [0.15, 0.2) is 0 Å². The predicted octanol–water partition coefficient (Wildman–Crippen LogP) is 0.361. The van der Waals surface area contributed by atoms with Gasteiger partial charge in [-0.1, -0.05) is 0 Å². The van der Waals surface area contributed by atoms with Gasteiger partial charge in [-0.05, 0) is 19.8 Å². The molecule has 0 aromatic heterocycles. The molecule has 1 heterocycles. The molecular weight excluding hydrogens is 262 g/mol. The van der Waals surface area contributed by atoms with E-state index in [-0.39, 0.29) is 18.4 Å². The summed E-state index contributed by atoms with van der Waals surface area (Å²) in [7, 11) is 3.25. The fourth-order valence-electron chi connectivity index (χ4n) is 2.42. The van der Waals surface area contributed by atoms with Crippen molar-refractivity contribution in [2.75, 3.05) is 33.7 Å². The molecule has 0 aromatic carbocycles. The summed E-state index contributed by atoms with van der Waals surface area (Å²) in [6.45, 7) is 3.20. The summed E-state index contributed by atoms with van der Waals surface area (Å²) in [6, 6.07) is -0.150. The average Bonchev–Trinajstić information content (AvgIpc) is 2.80. The molecular formula is C13H23N3O4. The maximum absolute atomic E-state index is 12.2. The zero-order valence-electron chi connectivity index (χ0n) is 12.3. The smallest absolute Gasteiger partial charge is 0.319 e. The molecule has 20 heavy (non-hydrogen) atoms. The van der Waals surface area contributed by atoms with Gasteiger partial charge in [-0.25, -0.2) is 4.79 Å². The van der Waals surface area contributed by atoms with Crippen LogP contribution in [0.2, 0.25) is 0 Å². The SMILES string of the molecule is CNC(=O)C1(C)CCN(C(=O)N(C)CCCC(=O)O)C1. The summed E-state index contributed by atoms with van der Waals surface area (Å²) in [5.41, 5.74) is -0.535. The molecule has 0 radical (unpaired) electrons. The Labute approximate surface area is 118 Å². The molecule has 3 amide bonds. The van der Waals surface area contributed by atoms with Gasteiger partial charge in [0.25, 0.3) is 0 Å². The number of carbonyl (C=O) groups excluding carboxylic acids is 2. The maximum atomic E-state index is 12.2. The van der Waals surface area contributed by atoms with E-state index in [4.69, 9.17) is 5.11 Å². The highest BCUT2D eigenvalue weighted by Gasteiger charge is 2.42. The highest BCUT2D eigenvalue weighted by molar-refractivity contribution is 5.84. The number of urea groups is 1. The van der Waals surface area contributed by atoms with Crippen LogP contribution in [0.1, 0.15) is 26.2 Å². The van der Waals surface area contributed by atoms with Gasteiger partial charge >= 0.3 is 12.0 Å². The lowest BCUT2D eigenvalue weighted by molar-refractivity contribution is -0.137. The molecule has 1 aliphatic rings. The molecule has 1 rings (SSSR count). The van der Waals surface area contributed by atoms with Gasteiger partial charge in [0.05, 0.1) is 5.41 Å². The number of carboxylic acids is 1. The van der Waals surface area contributed by atoms with Gasteiger partial charge in [0.15, 0.2) is 0 Å². The summed E-state index contributed by atoms with van der Waals surface area (Å²) in [4.78, 5) is 37.6. The fourth-order valence-corrected chi connectivity index (χ4v) is 2.42. The van der Waals surface area contributed by atoms with Crippen LogP contribution in [-0.2, 0) is 9.59 Å². The number of aliphatic carboxylic acids is 1. The predicted molar refractivity (Wildman–Crippen MR) is 73.3 cm³/mol. The average molecular weight is 285 g/mol. The van der Waals surface area contributed by atoms with Crippen molar-refractivity contribution in [3.05, 3.63) is 0 Å². The second kappa shape index (κ2) is 6.58.